The van der Waals surface area contributed by atoms with Crippen molar-refractivity contribution >= 4 is 40.3 Å². The molecule has 31 heavy (non-hydrogen) atoms. The van der Waals surface area contributed by atoms with E-state index in [-0.39, 0.29) is 5.56 Å². The van der Waals surface area contributed by atoms with Crippen LogP contribution in [0.3, 0.4) is 0 Å². The molecule has 6 N–H and O–H groups in total. The van der Waals surface area contributed by atoms with Gasteiger partial charge in [0.05, 0.1) is 11.9 Å². The number of carbonyl (C=O) groups is 3. The average Bonchev–Trinajstić information content (AvgIpc) is 2.72. The molecular formula is C21H21N5O5. The molecule has 160 valence electrons. The molecule has 3 rings (SSSR count). The van der Waals surface area contributed by atoms with Crippen molar-refractivity contribution in [3.05, 3.63) is 59.4 Å². The van der Waals surface area contributed by atoms with Gasteiger partial charge in [-0.25, -0.2) is 14.8 Å². The molecule has 0 bridgehead atoms. The molecule has 1 aromatic heterocycles. The molecule has 0 spiro atoms. The highest BCUT2D eigenvalue weighted by atomic mass is 16.4. The average molecular weight is 423 g/mol. The van der Waals surface area contributed by atoms with Crippen LogP contribution in [0.15, 0.2) is 42.7 Å². The van der Waals surface area contributed by atoms with Crippen LogP contribution in [0, 0.1) is 6.92 Å². The number of aliphatic carboxylic acids is 2. The second kappa shape index (κ2) is 9.08. The zero-order valence-corrected chi connectivity index (χ0v) is 16.6. The Labute approximate surface area is 177 Å². The maximum Gasteiger partial charge on any atom is 0.326 e. The third-order valence-corrected chi connectivity index (χ3v) is 4.82. The van der Waals surface area contributed by atoms with E-state index in [9.17, 15) is 14.4 Å². The van der Waals surface area contributed by atoms with Gasteiger partial charge in [0.2, 0.25) is 0 Å². The Kier molecular flexibility index (Phi) is 6.29. The minimum absolute atomic E-state index is 0.217. The monoisotopic (exact) mass is 423 g/mol. The van der Waals surface area contributed by atoms with E-state index in [1.165, 1.54) is 18.5 Å². The van der Waals surface area contributed by atoms with Crippen LogP contribution in [0.1, 0.15) is 27.9 Å². The van der Waals surface area contributed by atoms with E-state index < -0.39 is 30.3 Å². The number of fused-ring (bicyclic) bond motifs is 1. The first kappa shape index (κ1) is 21.5. The quantitative estimate of drug-likeness (QED) is 0.363. The molecule has 0 aliphatic carbocycles. The van der Waals surface area contributed by atoms with E-state index in [0.717, 1.165) is 27.7 Å². The minimum atomic E-state index is -1.50. The summed E-state index contributed by atoms with van der Waals surface area (Å²) < 4.78 is 0. The molecule has 1 amide bonds. The molecule has 2 aromatic carbocycles. The summed E-state index contributed by atoms with van der Waals surface area (Å²) >= 11 is 0. The Hall–Kier alpha value is -4.21. The molecule has 0 radical (unpaired) electrons. The zero-order valence-electron chi connectivity index (χ0n) is 16.6. The van der Waals surface area contributed by atoms with Gasteiger partial charge in [-0.3, -0.25) is 9.59 Å². The maximum absolute atomic E-state index is 12.2. The summed E-state index contributed by atoms with van der Waals surface area (Å²) in [6.07, 6.45) is 0.717. The molecule has 0 aliphatic heterocycles. The number of nitrogen functional groups attached to an aromatic ring is 1. The molecular weight excluding hydrogens is 402 g/mol. The van der Waals surface area contributed by atoms with Crippen LogP contribution in [0.25, 0.3) is 10.9 Å². The SMILES string of the molecule is Cc1c(CNc2ccc(C(=O)N[C@@H](CC(=O)O)C(=O)O)cc2)ccc2ncnc(N)c12. The predicted molar refractivity (Wildman–Crippen MR) is 114 cm³/mol. The number of nitrogens with one attached hydrogen (secondary N) is 2. The number of carbonyl (C=O) groups excluding carboxylic acids is 1. The fourth-order valence-corrected chi connectivity index (χ4v) is 3.13. The largest absolute Gasteiger partial charge is 0.481 e. The first-order valence-corrected chi connectivity index (χ1v) is 9.34. The van der Waals surface area contributed by atoms with Crippen molar-refractivity contribution < 1.29 is 24.6 Å². The van der Waals surface area contributed by atoms with Crippen LogP contribution in [-0.4, -0.2) is 44.1 Å². The van der Waals surface area contributed by atoms with E-state index in [1.807, 2.05) is 19.1 Å². The first-order valence-electron chi connectivity index (χ1n) is 9.34. The molecule has 10 nitrogen and oxygen atoms in total. The van der Waals surface area contributed by atoms with Gasteiger partial charge in [0.1, 0.15) is 18.2 Å². The highest BCUT2D eigenvalue weighted by Crippen LogP contribution is 2.24. The molecule has 1 atom stereocenters. The Balaban J connectivity index is 1.67. The number of amides is 1. The zero-order chi connectivity index (χ0) is 22.5. The summed E-state index contributed by atoms with van der Waals surface area (Å²) in [5.74, 6) is -2.97. The van der Waals surface area contributed by atoms with Crippen LogP contribution in [0.4, 0.5) is 11.5 Å². The molecule has 0 unspecified atom stereocenters. The summed E-state index contributed by atoms with van der Waals surface area (Å²) in [4.78, 5) is 42.3. The van der Waals surface area contributed by atoms with Crippen LogP contribution in [0.2, 0.25) is 0 Å². The lowest BCUT2D eigenvalue weighted by molar-refractivity contribution is -0.145. The molecule has 0 aliphatic rings. The van der Waals surface area contributed by atoms with Crippen LogP contribution in [0.5, 0.6) is 0 Å². The number of rotatable bonds is 8. The van der Waals surface area contributed by atoms with Crippen molar-refractivity contribution in [3.8, 4) is 0 Å². The lowest BCUT2D eigenvalue weighted by Gasteiger charge is -2.14. The van der Waals surface area contributed by atoms with Crippen LogP contribution in [-0.2, 0) is 16.1 Å². The normalized spacial score (nSPS) is 11.6. The van der Waals surface area contributed by atoms with E-state index in [2.05, 4.69) is 20.6 Å². The fourth-order valence-electron chi connectivity index (χ4n) is 3.13. The third kappa shape index (κ3) is 5.04. The Morgan fingerprint density at radius 2 is 1.77 bits per heavy atom. The van der Waals surface area contributed by atoms with Crippen LogP contribution >= 0.6 is 0 Å². The van der Waals surface area contributed by atoms with Crippen molar-refractivity contribution in [1.29, 1.82) is 0 Å². The van der Waals surface area contributed by atoms with E-state index >= 15 is 0 Å². The van der Waals surface area contributed by atoms with Gasteiger partial charge in [-0.1, -0.05) is 6.07 Å². The minimum Gasteiger partial charge on any atom is -0.481 e. The van der Waals surface area contributed by atoms with E-state index in [4.69, 9.17) is 15.9 Å². The number of aromatic nitrogens is 2. The molecule has 0 saturated carbocycles. The number of carboxylic acids is 2. The fraction of sp³-hybridized carbons (Fsp3) is 0.190. The number of benzene rings is 2. The lowest BCUT2D eigenvalue weighted by atomic mass is 10.0. The van der Waals surface area contributed by atoms with Crippen molar-refractivity contribution in [2.45, 2.75) is 25.9 Å². The second-order valence-electron chi connectivity index (χ2n) is 6.90. The Bertz CT molecular complexity index is 1150. The number of anilines is 2. The van der Waals surface area contributed by atoms with Crippen molar-refractivity contribution in [1.82, 2.24) is 15.3 Å². The smallest absolute Gasteiger partial charge is 0.326 e. The lowest BCUT2D eigenvalue weighted by Crippen LogP contribution is -2.42. The highest BCUT2D eigenvalue weighted by Gasteiger charge is 2.23. The van der Waals surface area contributed by atoms with E-state index in [0.29, 0.717) is 12.4 Å². The number of nitrogens with zero attached hydrogens (tertiary/aromatic N) is 2. The number of hydrogen-bond acceptors (Lipinski definition) is 7. The van der Waals surface area contributed by atoms with Gasteiger partial charge < -0.3 is 26.6 Å². The molecule has 0 saturated heterocycles. The van der Waals surface area contributed by atoms with Gasteiger partial charge in [-0.2, -0.15) is 0 Å². The number of nitrogens with two attached hydrogens (primary N) is 1. The molecule has 3 aromatic rings. The summed E-state index contributed by atoms with van der Waals surface area (Å²) in [7, 11) is 0. The van der Waals surface area contributed by atoms with Crippen molar-refractivity contribution in [2.24, 2.45) is 0 Å². The molecule has 10 heteroatoms. The Morgan fingerprint density at radius 3 is 2.42 bits per heavy atom. The summed E-state index contributed by atoms with van der Waals surface area (Å²) in [5, 5.41) is 24.1. The number of carboxylic acid groups (broad SMARTS) is 2. The molecule has 0 fully saturated rings. The van der Waals surface area contributed by atoms with Crippen molar-refractivity contribution in [3.63, 3.8) is 0 Å². The standard InChI is InChI=1S/C21H21N5O5/c1-11-13(4-7-15-18(11)19(22)25-10-24-15)9-23-14-5-2-12(3-6-14)20(29)26-16(21(30)31)8-17(27)28/h2-7,10,16,23H,8-9H2,1H3,(H,26,29)(H,27,28)(H,30,31)(H2,22,24,25)/t16-/m0/s1. The maximum atomic E-state index is 12.2. The first-order chi connectivity index (χ1) is 14.8. The van der Waals surface area contributed by atoms with Gasteiger partial charge in [0.15, 0.2) is 0 Å². The number of hydrogen-bond donors (Lipinski definition) is 5. The summed E-state index contributed by atoms with van der Waals surface area (Å²) in [5.41, 5.74) is 9.69. The molecule has 1 heterocycles. The third-order valence-electron chi connectivity index (χ3n) is 4.82. The van der Waals surface area contributed by atoms with Gasteiger partial charge in [-0.05, 0) is 48.4 Å². The van der Waals surface area contributed by atoms with Crippen LogP contribution < -0.4 is 16.4 Å². The summed E-state index contributed by atoms with van der Waals surface area (Å²) in [6.45, 7) is 2.45. The van der Waals surface area contributed by atoms with Gasteiger partial charge in [0, 0.05) is 23.2 Å². The van der Waals surface area contributed by atoms with Crippen molar-refractivity contribution in [2.75, 3.05) is 11.1 Å². The van der Waals surface area contributed by atoms with Gasteiger partial charge >= 0.3 is 11.9 Å². The Morgan fingerprint density at radius 1 is 1.06 bits per heavy atom. The number of aryl methyl sites for hydroxylation is 1. The van der Waals surface area contributed by atoms with Gasteiger partial charge in [0.25, 0.3) is 5.91 Å². The predicted octanol–water partition coefficient (Wildman–Crippen LogP) is 1.79. The summed E-state index contributed by atoms with van der Waals surface area (Å²) in [6, 6.07) is 8.72. The topological polar surface area (TPSA) is 168 Å². The second-order valence-corrected chi connectivity index (χ2v) is 6.90. The van der Waals surface area contributed by atoms with Gasteiger partial charge in [-0.15, -0.1) is 0 Å². The highest BCUT2D eigenvalue weighted by molar-refractivity contribution is 5.97. The van der Waals surface area contributed by atoms with E-state index in [1.54, 1.807) is 12.1 Å².